The number of carbonyl (C=O) groups excluding carboxylic acids is 1. The van der Waals surface area contributed by atoms with Crippen molar-refractivity contribution in [3.05, 3.63) is 105 Å². The minimum atomic E-state index is -0.556. The second kappa shape index (κ2) is 9.81. The van der Waals surface area contributed by atoms with E-state index < -0.39 is 5.56 Å². The van der Waals surface area contributed by atoms with Crippen LogP contribution in [0.15, 0.2) is 83.7 Å². The largest absolute Gasteiger partial charge is 0.326 e. The molecule has 0 atom stereocenters. The molecule has 0 aliphatic carbocycles. The van der Waals surface area contributed by atoms with Crippen LogP contribution in [0.2, 0.25) is 5.02 Å². The normalized spacial score (nSPS) is 10.3. The number of aromatic nitrogens is 2. The Morgan fingerprint density at radius 1 is 0.970 bits per heavy atom. The SMILES string of the molecule is N#Cc1c(-c2ccc(NC(=O)Cc3ccccc3)cc2)nc(Nc2ccc(Cl)cc2)[nH]c1=O. The number of nitrogens with zero attached hydrogens (tertiary/aromatic N) is 2. The summed E-state index contributed by atoms with van der Waals surface area (Å²) in [4.78, 5) is 31.8. The van der Waals surface area contributed by atoms with Crippen molar-refractivity contribution in [3.63, 3.8) is 0 Å². The molecular formula is C25H18ClN5O2. The molecule has 1 heterocycles. The Bertz CT molecular complexity index is 1380. The number of anilines is 3. The molecule has 1 amide bonds. The third-order valence-electron chi connectivity index (χ3n) is 4.79. The van der Waals surface area contributed by atoms with Crippen LogP contribution in [-0.4, -0.2) is 15.9 Å². The molecule has 1 aromatic heterocycles. The molecule has 0 spiro atoms. The van der Waals surface area contributed by atoms with Gasteiger partial charge in [0.15, 0.2) is 0 Å². The van der Waals surface area contributed by atoms with Crippen molar-refractivity contribution in [1.82, 2.24) is 9.97 Å². The van der Waals surface area contributed by atoms with Crippen LogP contribution in [0.3, 0.4) is 0 Å². The van der Waals surface area contributed by atoms with Gasteiger partial charge in [-0.15, -0.1) is 0 Å². The van der Waals surface area contributed by atoms with Crippen LogP contribution < -0.4 is 16.2 Å². The maximum Gasteiger partial charge on any atom is 0.270 e. The van der Waals surface area contributed by atoms with Crippen molar-refractivity contribution >= 4 is 34.8 Å². The number of aromatic amines is 1. The number of hydrogen-bond donors (Lipinski definition) is 3. The van der Waals surface area contributed by atoms with Gasteiger partial charge in [-0.3, -0.25) is 14.6 Å². The first-order chi connectivity index (χ1) is 16.0. The van der Waals surface area contributed by atoms with Gasteiger partial charge in [0, 0.05) is 22.0 Å². The number of hydrogen-bond acceptors (Lipinski definition) is 5. The molecule has 0 aliphatic heterocycles. The van der Waals surface area contributed by atoms with E-state index in [2.05, 4.69) is 20.6 Å². The molecule has 0 saturated heterocycles. The molecule has 0 unspecified atom stereocenters. The summed E-state index contributed by atoms with van der Waals surface area (Å²) in [5, 5.41) is 15.9. The van der Waals surface area contributed by atoms with Gasteiger partial charge in [-0.2, -0.15) is 5.26 Å². The summed E-state index contributed by atoms with van der Waals surface area (Å²) in [5.41, 5.74) is 2.34. The number of nitriles is 1. The van der Waals surface area contributed by atoms with E-state index in [0.29, 0.717) is 22.0 Å². The van der Waals surface area contributed by atoms with E-state index in [-0.39, 0.29) is 29.5 Å². The Morgan fingerprint density at radius 2 is 1.64 bits per heavy atom. The lowest BCUT2D eigenvalue weighted by atomic mass is 10.1. The van der Waals surface area contributed by atoms with Crippen LogP contribution in [-0.2, 0) is 11.2 Å². The van der Waals surface area contributed by atoms with Crippen molar-refractivity contribution < 1.29 is 4.79 Å². The Morgan fingerprint density at radius 3 is 2.30 bits per heavy atom. The van der Waals surface area contributed by atoms with Gasteiger partial charge in [0.1, 0.15) is 11.6 Å². The van der Waals surface area contributed by atoms with E-state index in [4.69, 9.17) is 11.6 Å². The standard InChI is InChI=1S/C25H18ClN5O2/c26-18-8-12-20(13-9-18)29-25-30-23(21(15-27)24(33)31-25)17-6-10-19(11-7-17)28-22(32)14-16-4-2-1-3-5-16/h1-13H,14H2,(H,28,32)(H2,29,30,31,33). The number of nitrogens with one attached hydrogen (secondary N) is 3. The lowest BCUT2D eigenvalue weighted by Crippen LogP contribution is -2.16. The fourth-order valence-electron chi connectivity index (χ4n) is 3.21. The van der Waals surface area contributed by atoms with E-state index in [1.807, 2.05) is 36.4 Å². The monoisotopic (exact) mass is 455 g/mol. The topological polar surface area (TPSA) is 111 Å². The zero-order valence-electron chi connectivity index (χ0n) is 17.3. The van der Waals surface area contributed by atoms with Crippen LogP contribution in [0.4, 0.5) is 17.3 Å². The third kappa shape index (κ3) is 5.45. The van der Waals surface area contributed by atoms with Gasteiger partial charge >= 0.3 is 0 Å². The second-order valence-corrected chi connectivity index (χ2v) is 7.61. The summed E-state index contributed by atoms with van der Waals surface area (Å²) >= 11 is 5.91. The van der Waals surface area contributed by atoms with Crippen LogP contribution in [0.5, 0.6) is 0 Å². The predicted molar refractivity (Wildman–Crippen MR) is 129 cm³/mol. The smallest absolute Gasteiger partial charge is 0.270 e. The van der Waals surface area contributed by atoms with Gasteiger partial charge in [0.25, 0.3) is 5.56 Å². The van der Waals surface area contributed by atoms with E-state index in [9.17, 15) is 14.9 Å². The fourth-order valence-corrected chi connectivity index (χ4v) is 3.34. The highest BCUT2D eigenvalue weighted by molar-refractivity contribution is 6.30. The zero-order valence-corrected chi connectivity index (χ0v) is 18.1. The van der Waals surface area contributed by atoms with E-state index in [0.717, 1.165) is 5.56 Å². The van der Waals surface area contributed by atoms with Crippen molar-refractivity contribution in [2.45, 2.75) is 6.42 Å². The number of benzene rings is 3. The zero-order chi connectivity index (χ0) is 23.2. The number of rotatable bonds is 6. The molecule has 0 bridgehead atoms. The molecule has 162 valence electrons. The number of carbonyl (C=O) groups is 1. The summed E-state index contributed by atoms with van der Waals surface area (Å²) in [5.74, 6) is 0.0481. The number of amides is 1. The van der Waals surface area contributed by atoms with Gasteiger partial charge < -0.3 is 10.6 Å². The molecule has 0 fully saturated rings. The summed E-state index contributed by atoms with van der Waals surface area (Å²) < 4.78 is 0. The second-order valence-electron chi connectivity index (χ2n) is 7.17. The van der Waals surface area contributed by atoms with Gasteiger partial charge in [0.05, 0.1) is 12.1 Å². The maximum absolute atomic E-state index is 12.5. The first kappa shape index (κ1) is 21.8. The third-order valence-corrected chi connectivity index (χ3v) is 5.04. The van der Waals surface area contributed by atoms with Gasteiger partial charge in [-0.25, -0.2) is 4.98 Å². The average Bonchev–Trinajstić information content (AvgIpc) is 2.81. The van der Waals surface area contributed by atoms with E-state index in [1.54, 1.807) is 48.5 Å². The molecule has 3 aromatic carbocycles. The molecule has 7 nitrogen and oxygen atoms in total. The Balaban J connectivity index is 1.55. The molecule has 8 heteroatoms. The van der Waals surface area contributed by atoms with Gasteiger partial charge in [-0.05, 0) is 42.0 Å². The highest BCUT2D eigenvalue weighted by atomic mass is 35.5. The van der Waals surface area contributed by atoms with Crippen molar-refractivity contribution in [3.8, 4) is 17.3 Å². The highest BCUT2D eigenvalue weighted by Gasteiger charge is 2.14. The van der Waals surface area contributed by atoms with Crippen LogP contribution in [0, 0.1) is 11.3 Å². The van der Waals surface area contributed by atoms with Crippen LogP contribution >= 0.6 is 11.6 Å². The molecule has 0 aliphatic rings. The lowest BCUT2D eigenvalue weighted by molar-refractivity contribution is -0.115. The molecule has 0 saturated carbocycles. The molecular weight excluding hydrogens is 438 g/mol. The minimum Gasteiger partial charge on any atom is -0.326 e. The van der Waals surface area contributed by atoms with Crippen molar-refractivity contribution in [2.75, 3.05) is 10.6 Å². The van der Waals surface area contributed by atoms with Crippen molar-refractivity contribution in [1.29, 1.82) is 5.26 Å². The average molecular weight is 456 g/mol. The van der Waals surface area contributed by atoms with E-state index in [1.165, 1.54) is 0 Å². The molecule has 0 radical (unpaired) electrons. The maximum atomic E-state index is 12.5. The first-order valence-electron chi connectivity index (χ1n) is 10.0. The summed E-state index contributed by atoms with van der Waals surface area (Å²) in [6.07, 6.45) is 0.260. The lowest BCUT2D eigenvalue weighted by Gasteiger charge is -2.10. The minimum absolute atomic E-state index is 0.0995. The van der Waals surface area contributed by atoms with Gasteiger partial charge in [0.2, 0.25) is 11.9 Å². The summed E-state index contributed by atoms with van der Waals surface area (Å²) in [6.45, 7) is 0. The Hall–Kier alpha value is -4.41. The predicted octanol–water partition coefficient (Wildman–Crippen LogP) is 4.89. The summed E-state index contributed by atoms with van der Waals surface area (Å²) in [6, 6.07) is 25.1. The van der Waals surface area contributed by atoms with Crippen LogP contribution in [0.1, 0.15) is 11.1 Å². The molecule has 33 heavy (non-hydrogen) atoms. The molecule has 4 rings (SSSR count). The van der Waals surface area contributed by atoms with Gasteiger partial charge in [-0.1, -0.05) is 54.1 Å². The Labute approximate surface area is 194 Å². The molecule has 4 aromatic rings. The summed E-state index contributed by atoms with van der Waals surface area (Å²) in [7, 11) is 0. The Kier molecular flexibility index (Phi) is 6.48. The number of halogens is 1. The first-order valence-corrected chi connectivity index (χ1v) is 10.4. The number of H-pyrrole nitrogens is 1. The van der Waals surface area contributed by atoms with E-state index >= 15 is 0 Å². The molecule has 3 N–H and O–H groups in total. The van der Waals surface area contributed by atoms with Crippen LogP contribution in [0.25, 0.3) is 11.3 Å². The van der Waals surface area contributed by atoms with Crippen molar-refractivity contribution in [2.24, 2.45) is 0 Å². The highest BCUT2D eigenvalue weighted by Crippen LogP contribution is 2.24. The quantitative estimate of drug-likeness (QED) is 0.383. The fraction of sp³-hybridized carbons (Fsp3) is 0.0400.